The molecule has 2 heterocycles. The molecule has 1 amide bonds. The lowest BCUT2D eigenvalue weighted by atomic mass is 10.1. The number of carbonyl (C=O) groups is 1. The van der Waals surface area contributed by atoms with E-state index in [4.69, 9.17) is 5.73 Å². The standard InChI is InChI=1S/C15H19N5O/c1-3-4-12-7-11(8-14(16)20-12)15(21)18-9-13-5-6-17-10(2)19-13/h5-8H,3-4,9H2,1-2H3,(H2,16,20)(H,18,21). The van der Waals surface area contributed by atoms with Gasteiger partial charge in [0.1, 0.15) is 11.6 Å². The van der Waals surface area contributed by atoms with Crippen LogP contribution in [-0.4, -0.2) is 20.9 Å². The van der Waals surface area contributed by atoms with Crippen LogP contribution in [0.25, 0.3) is 0 Å². The Morgan fingerprint density at radius 2 is 2.10 bits per heavy atom. The van der Waals surface area contributed by atoms with E-state index in [-0.39, 0.29) is 5.91 Å². The van der Waals surface area contributed by atoms with Gasteiger partial charge < -0.3 is 11.1 Å². The molecule has 2 aromatic heterocycles. The summed E-state index contributed by atoms with van der Waals surface area (Å²) < 4.78 is 0. The van der Waals surface area contributed by atoms with Crippen molar-refractivity contribution in [2.75, 3.05) is 5.73 Å². The number of nitrogen functional groups attached to an aromatic ring is 1. The number of hydrogen-bond acceptors (Lipinski definition) is 5. The fraction of sp³-hybridized carbons (Fsp3) is 0.333. The lowest BCUT2D eigenvalue weighted by Gasteiger charge is -2.07. The highest BCUT2D eigenvalue weighted by atomic mass is 16.1. The molecule has 0 radical (unpaired) electrons. The van der Waals surface area contributed by atoms with Gasteiger partial charge in [-0.3, -0.25) is 4.79 Å². The fourth-order valence-electron chi connectivity index (χ4n) is 2.00. The number of nitrogens with two attached hydrogens (primary N) is 1. The Hall–Kier alpha value is -2.50. The van der Waals surface area contributed by atoms with Crippen molar-refractivity contribution < 1.29 is 4.79 Å². The highest BCUT2D eigenvalue weighted by molar-refractivity contribution is 5.94. The van der Waals surface area contributed by atoms with E-state index in [0.29, 0.717) is 23.8 Å². The van der Waals surface area contributed by atoms with E-state index in [2.05, 4.69) is 27.2 Å². The second kappa shape index (κ2) is 6.78. The van der Waals surface area contributed by atoms with Gasteiger partial charge in [-0.25, -0.2) is 15.0 Å². The van der Waals surface area contributed by atoms with Crippen LogP contribution < -0.4 is 11.1 Å². The van der Waals surface area contributed by atoms with Crippen molar-refractivity contribution in [1.29, 1.82) is 0 Å². The van der Waals surface area contributed by atoms with Crippen LogP contribution in [0.2, 0.25) is 0 Å². The Kier molecular flexibility index (Phi) is 4.81. The number of pyridine rings is 1. The number of aryl methyl sites for hydroxylation is 2. The van der Waals surface area contributed by atoms with Crippen molar-refractivity contribution in [2.45, 2.75) is 33.2 Å². The molecule has 6 heteroatoms. The predicted molar refractivity (Wildman–Crippen MR) is 80.6 cm³/mol. The summed E-state index contributed by atoms with van der Waals surface area (Å²) in [5.74, 6) is 0.863. The lowest BCUT2D eigenvalue weighted by molar-refractivity contribution is 0.0950. The second-order valence-electron chi connectivity index (χ2n) is 4.80. The van der Waals surface area contributed by atoms with Crippen molar-refractivity contribution in [3.05, 3.63) is 47.2 Å². The number of carbonyl (C=O) groups excluding carboxylic acids is 1. The van der Waals surface area contributed by atoms with Gasteiger partial charge in [-0.1, -0.05) is 13.3 Å². The third-order valence-corrected chi connectivity index (χ3v) is 2.93. The van der Waals surface area contributed by atoms with Crippen LogP contribution in [-0.2, 0) is 13.0 Å². The van der Waals surface area contributed by atoms with Crippen LogP contribution in [0.15, 0.2) is 24.4 Å². The van der Waals surface area contributed by atoms with E-state index in [9.17, 15) is 4.79 Å². The van der Waals surface area contributed by atoms with Gasteiger partial charge >= 0.3 is 0 Å². The van der Waals surface area contributed by atoms with Crippen LogP contribution in [0.3, 0.4) is 0 Å². The van der Waals surface area contributed by atoms with Gasteiger partial charge in [0.2, 0.25) is 0 Å². The molecule has 6 nitrogen and oxygen atoms in total. The summed E-state index contributed by atoms with van der Waals surface area (Å²) in [5.41, 5.74) is 7.87. The number of anilines is 1. The summed E-state index contributed by atoms with van der Waals surface area (Å²) in [6.45, 7) is 4.22. The third kappa shape index (κ3) is 4.24. The Bertz CT molecular complexity index is 642. The van der Waals surface area contributed by atoms with Crippen LogP contribution >= 0.6 is 0 Å². The lowest BCUT2D eigenvalue weighted by Crippen LogP contribution is -2.24. The third-order valence-electron chi connectivity index (χ3n) is 2.93. The molecule has 2 aromatic rings. The van der Waals surface area contributed by atoms with Crippen LogP contribution in [0.5, 0.6) is 0 Å². The molecule has 0 saturated carbocycles. The molecule has 3 N–H and O–H groups in total. The highest BCUT2D eigenvalue weighted by Gasteiger charge is 2.09. The summed E-state index contributed by atoms with van der Waals surface area (Å²) in [6.07, 6.45) is 3.43. The summed E-state index contributed by atoms with van der Waals surface area (Å²) in [5, 5.41) is 2.83. The summed E-state index contributed by atoms with van der Waals surface area (Å²) in [6, 6.07) is 5.14. The molecule has 2 rings (SSSR count). The van der Waals surface area contributed by atoms with Gasteiger partial charge in [0.15, 0.2) is 0 Å². The molecule has 0 aliphatic heterocycles. The number of nitrogens with zero attached hydrogens (tertiary/aromatic N) is 3. The quantitative estimate of drug-likeness (QED) is 0.871. The zero-order valence-corrected chi connectivity index (χ0v) is 12.3. The average Bonchev–Trinajstić information content (AvgIpc) is 2.44. The Morgan fingerprint density at radius 3 is 2.81 bits per heavy atom. The van der Waals surface area contributed by atoms with Crippen molar-refractivity contribution in [3.8, 4) is 0 Å². The Balaban J connectivity index is 2.06. The monoisotopic (exact) mass is 285 g/mol. The van der Waals surface area contributed by atoms with E-state index in [0.717, 1.165) is 24.2 Å². The van der Waals surface area contributed by atoms with Gasteiger partial charge in [-0.05, 0) is 31.5 Å². The summed E-state index contributed by atoms with van der Waals surface area (Å²) in [4.78, 5) is 24.6. The topological polar surface area (TPSA) is 93.8 Å². The van der Waals surface area contributed by atoms with E-state index in [1.54, 1.807) is 24.4 Å². The molecule has 0 aliphatic carbocycles. The minimum absolute atomic E-state index is 0.183. The van der Waals surface area contributed by atoms with Crippen molar-refractivity contribution in [1.82, 2.24) is 20.3 Å². The maximum Gasteiger partial charge on any atom is 0.251 e. The highest BCUT2D eigenvalue weighted by Crippen LogP contribution is 2.10. The van der Waals surface area contributed by atoms with Crippen molar-refractivity contribution in [3.63, 3.8) is 0 Å². The van der Waals surface area contributed by atoms with E-state index in [1.807, 2.05) is 6.92 Å². The predicted octanol–water partition coefficient (Wildman–Crippen LogP) is 1.64. The number of hydrogen-bond donors (Lipinski definition) is 2. The van der Waals surface area contributed by atoms with Crippen molar-refractivity contribution >= 4 is 11.7 Å². The first-order valence-electron chi connectivity index (χ1n) is 6.91. The first-order chi connectivity index (χ1) is 10.1. The van der Waals surface area contributed by atoms with E-state index >= 15 is 0 Å². The maximum atomic E-state index is 12.2. The van der Waals surface area contributed by atoms with Crippen LogP contribution in [0, 0.1) is 6.92 Å². The molecular formula is C15H19N5O. The zero-order valence-electron chi connectivity index (χ0n) is 12.3. The summed E-state index contributed by atoms with van der Waals surface area (Å²) in [7, 11) is 0. The summed E-state index contributed by atoms with van der Waals surface area (Å²) >= 11 is 0. The van der Waals surface area contributed by atoms with Gasteiger partial charge in [0, 0.05) is 17.5 Å². The number of amides is 1. The molecule has 0 aliphatic rings. The maximum absolute atomic E-state index is 12.2. The Morgan fingerprint density at radius 1 is 1.29 bits per heavy atom. The number of nitrogens with one attached hydrogen (secondary N) is 1. The SMILES string of the molecule is CCCc1cc(C(=O)NCc2ccnc(C)n2)cc(N)n1. The first kappa shape index (κ1) is 14.9. The average molecular weight is 285 g/mol. The molecule has 0 aromatic carbocycles. The molecule has 0 atom stereocenters. The molecule has 0 bridgehead atoms. The van der Waals surface area contributed by atoms with Crippen molar-refractivity contribution in [2.24, 2.45) is 0 Å². The number of rotatable bonds is 5. The minimum atomic E-state index is -0.183. The Labute approximate surface area is 123 Å². The molecule has 110 valence electrons. The van der Waals surface area contributed by atoms with Crippen LogP contribution in [0.4, 0.5) is 5.82 Å². The molecule has 21 heavy (non-hydrogen) atoms. The van der Waals surface area contributed by atoms with E-state index < -0.39 is 0 Å². The molecule has 0 spiro atoms. The van der Waals surface area contributed by atoms with Gasteiger partial charge in [0.25, 0.3) is 5.91 Å². The minimum Gasteiger partial charge on any atom is -0.384 e. The molecular weight excluding hydrogens is 266 g/mol. The fourth-order valence-corrected chi connectivity index (χ4v) is 2.00. The van der Waals surface area contributed by atoms with Crippen LogP contribution in [0.1, 0.15) is 40.9 Å². The van der Waals surface area contributed by atoms with Gasteiger partial charge in [0.05, 0.1) is 12.2 Å². The van der Waals surface area contributed by atoms with E-state index in [1.165, 1.54) is 0 Å². The molecule has 0 unspecified atom stereocenters. The zero-order chi connectivity index (χ0) is 15.2. The van der Waals surface area contributed by atoms with Gasteiger partial charge in [-0.2, -0.15) is 0 Å². The number of aromatic nitrogens is 3. The molecule has 0 saturated heterocycles. The molecule has 0 fully saturated rings. The second-order valence-corrected chi connectivity index (χ2v) is 4.80. The van der Waals surface area contributed by atoms with Gasteiger partial charge in [-0.15, -0.1) is 0 Å². The normalized spacial score (nSPS) is 10.4. The smallest absolute Gasteiger partial charge is 0.251 e. The largest absolute Gasteiger partial charge is 0.384 e. The first-order valence-corrected chi connectivity index (χ1v) is 6.91.